The molecule has 0 aromatic carbocycles. The molecular weight excluding hydrogens is 246 g/mol. The van der Waals surface area contributed by atoms with Crippen LogP contribution in [0.3, 0.4) is 0 Å². The molecule has 1 N–H and O–H groups in total. The third kappa shape index (κ3) is 2.91. The van der Waals surface area contributed by atoms with Crippen LogP contribution in [0.2, 0.25) is 4.47 Å². The number of aliphatic hydroxyl groups excluding tert-OH is 1. The monoisotopic (exact) mass is 261 g/mol. The van der Waals surface area contributed by atoms with Crippen LogP contribution in [0.25, 0.3) is 0 Å². The highest BCUT2D eigenvalue weighted by atomic mass is 35.5. The highest BCUT2D eigenvalue weighted by Crippen LogP contribution is 2.24. The Morgan fingerprint density at radius 1 is 1.44 bits per heavy atom. The molecule has 0 amide bonds. The van der Waals surface area contributed by atoms with Crippen molar-refractivity contribution >= 4 is 22.9 Å². The maximum absolute atomic E-state index is 9.92. The molecule has 2 unspecified atom stereocenters. The molecule has 2 rings (SSSR count). The standard InChI is InChI=1S/C10H16ClN3OS/c1-14(6-9-12-13-10(11)16-9)7-4-2-3-5-8(7)15/h7-8,15H,2-6H2,1H3. The zero-order valence-corrected chi connectivity index (χ0v) is 10.8. The number of likely N-dealkylation sites (N-methyl/N-ethyl adjacent to an activating group) is 1. The predicted molar refractivity (Wildman–Crippen MR) is 64.6 cm³/mol. The first kappa shape index (κ1) is 12.2. The van der Waals surface area contributed by atoms with Crippen molar-refractivity contribution in [2.45, 2.75) is 44.4 Å². The number of nitrogens with zero attached hydrogens (tertiary/aromatic N) is 3. The van der Waals surface area contributed by atoms with Crippen molar-refractivity contribution in [2.24, 2.45) is 0 Å². The molecule has 1 aliphatic rings. The molecular formula is C10H16ClN3OS. The Labute approximate surface area is 104 Å². The highest BCUT2D eigenvalue weighted by Gasteiger charge is 2.26. The van der Waals surface area contributed by atoms with Crippen LogP contribution in [0, 0.1) is 0 Å². The molecule has 0 saturated heterocycles. The van der Waals surface area contributed by atoms with Crippen LogP contribution in [-0.4, -0.2) is 39.4 Å². The van der Waals surface area contributed by atoms with Gasteiger partial charge in [-0.1, -0.05) is 24.2 Å². The van der Waals surface area contributed by atoms with Crippen LogP contribution in [0.5, 0.6) is 0 Å². The van der Waals surface area contributed by atoms with E-state index >= 15 is 0 Å². The van der Waals surface area contributed by atoms with E-state index in [2.05, 4.69) is 15.1 Å². The van der Waals surface area contributed by atoms with Gasteiger partial charge in [0.05, 0.1) is 12.6 Å². The molecule has 1 saturated carbocycles. The largest absolute Gasteiger partial charge is 0.391 e. The fourth-order valence-electron chi connectivity index (χ4n) is 2.23. The van der Waals surface area contributed by atoms with E-state index in [0.29, 0.717) is 11.0 Å². The van der Waals surface area contributed by atoms with E-state index in [0.717, 1.165) is 24.3 Å². The van der Waals surface area contributed by atoms with E-state index in [9.17, 15) is 5.11 Å². The van der Waals surface area contributed by atoms with Gasteiger partial charge in [0.1, 0.15) is 5.01 Å². The number of hydrogen-bond acceptors (Lipinski definition) is 5. The first-order valence-electron chi connectivity index (χ1n) is 5.53. The molecule has 1 aromatic rings. The van der Waals surface area contributed by atoms with Crippen LogP contribution in [0.4, 0.5) is 0 Å². The zero-order valence-electron chi connectivity index (χ0n) is 9.27. The Bertz CT molecular complexity index is 347. The second-order valence-corrected chi connectivity index (χ2v) is 5.93. The van der Waals surface area contributed by atoms with Gasteiger partial charge in [-0.25, -0.2) is 0 Å². The molecule has 1 fully saturated rings. The lowest BCUT2D eigenvalue weighted by atomic mass is 9.92. The molecule has 4 nitrogen and oxygen atoms in total. The highest BCUT2D eigenvalue weighted by molar-refractivity contribution is 7.15. The van der Waals surface area contributed by atoms with E-state index in [1.807, 2.05) is 7.05 Å². The van der Waals surface area contributed by atoms with Crippen molar-refractivity contribution < 1.29 is 5.11 Å². The van der Waals surface area contributed by atoms with Crippen molar-refractivity contribution in [3.8, 4) is 0 Å². The third-order valence-corrected chi connectivity index (χ3v) is 4.09. The smallest absolute Gasteiger partial charge is 0.207 e. The summed E-state index contributed by atoms with van der Waals surface area (Å²) in [5.41, 5.74) is 0. The van der Waals surface area contributed by atoms with Crippen LogP contribution >= 0.6 is 22.9 Å². The van der Waals surface area contributed by atoms with Gasteiger partial charge in [-0.2, -0.15) is 0 Å². The zero-order chi connectivity index (χ0) is 11.5. The van der Waals surface area contributed by atoms with Crippen LogP contribution in [-0.2, 0) is 6.54 Å². The summed E-state index contributed by atoms with van der Waals surface area (Å²) >= 11 is 7.14. The molecule has 0 spiro atoms. The van der Waals surface area contributed by atoms with E-state index in [1.54, 1.807) is 0 Å². The van der Waals surface area contributed by atoms with Crippen molar-refractivity contribution in [3.63, 3.8) is 0 Å². The predicted octanol–water partition coefficient (Wildman–Crippen LogP) is 1.93. The fraction of sp³-hybridized carbons (Fsp3) is 0.800. The summed E-state index contributed by atoms with van der Waals surface area (Å²) in [5.74, 6) is 0. The maximum atomic E-state index is 9.92. The summed E-state index contributed by atoms with van der Waals surface area (Å²) in [6.07, 6.45) is 4.09. The lowest BCUT2D eigenvalue weighted by Gasteiger charge is -2.34. The Kier molecular flexibility index (Phi) is 4.13. The van der Waals surface area contributed by atoms with Crippen molar-refractivity contribution in [1.29, 1.82) is 0 Å². The van der Waals surface area contributed by atoms with Gasteiger partial charge in [-0.3, -0.25) is 4.90 Å². The molecule has 1 aromatic heterocycles. The van der Waals surface area contributed by atoms with E-state index in [1.165, 1.54) is 17.8 Å². The van der Waals surface area contributed by atoms with Gasteiger partial charge in [0, 0.05) is 6.04 Å². The normalized spacial score (nSPS) is 26.2. The molecule has 0 bridgehead atoms. The Balaban J connectivity index is 1.93. The van der Waals surface area contributed by atoms with Gasteiger partial charge in [0.25, 0.3) is 0 Å². The number of aliphatic hydroxyl groups is 1. The van der Waals surface area contributed by atoms with E-state index in [4.69, 9.17) is 11.6 Å². The second kappa shape index (κ2) is 5.40. The summed E-state index contributed by atoms with van der Waals surface area (Å²) in [7, 11) is 2.02. The van der Waals surface area contributed by atoms with Gasteiger partial charge >= 0.3 is 0 Å². The lowest BCUT2D eigenvalue weighted by Crippen LogP contribution is -2.42. The SMILES string of the molecule is CN(Cc1nnc(Cl)s1)C1CCCCC1O. The first-order chi connectivity index (χ1) is 7.66. The quantitative estimate of drug-likeness (QED) is 0.903. The topological polar surface area (TPSA) is 49.2 Å². The van der Waals surface area contributed by atoms with Gasteiger partial charge < -0.3 is 5.11 Å². The average molecular weight is 262 g/mol. The molecule has 0 aliphatic heterocycles. The minimum absolute atomic E-state index is 0.206. The van der Waals surface area contributed by atoms with E-state index < -0.39 is 0 Å². The van der Waals surface area contributed by atoms with Crippen molar-refractivity contribution in [3.05, 3.63) is 9.47 Å². The average Bonchev–Trinajstić information content (AvgIpc) is 2.64. The van der Waals surface area contributed by atoms with Gasteiger partial charge in [-0.15, -0.1) is 10.2 Å². The molecule has 1 heterocycles. The number of hydrogen-bond donors (Lipinski definition) is 1. The number of halogens is 1. The Hall–Kier alpha value is -0.230. The minimum atomic E-state index is -0.206. The van der Waals surface area contributed by atoms with Gasteiger partial charge in [0.2, 0.25) is 4.47 Å². The summed E-state index contributed by atoms with van der Waals surface area (Å²) in [6, 6.07) is 0.247. The molecule has 16 heavy (non-hydrogen) atoms. The fourth-order valence-corrected chi connectivity index (χ4v) is 3.16. The van der Waals surface area contributed by atoms with E-state index in [-0.39, 0.29) is 12.1 Å². The van der Waals surface area contributed by atoms with Crippen molar-refractivity contribution in [1.82, 2.24) is 15.1 Å². The molecule has 1 aliphatic carbocycles. The van der Waals surface area contributed by atoms with Crippen molar-refractivity contribution in [2.75, 3.05) is 7.05 Å². The molecule has 2 atom stereocenters. The maximum Gasteiger partial charge on any atom is 0.207 e. The summed E-state index contributed by atoms with van der Waals surface area (Å²) in [6.45, 7) is 0.714. The summed E-state index contributed by atoms with van der Waals surface area (Å²) in [5, 5.41) is 18.6. The second-order valence-electron chi connectivity index (χ2n) is 4.28. The summed E-state index contributed by atoms with van der Waals surface area (Å²) < 4.78 is 0.479. The Morgan fingerprint density at radius 2 is 2.19 bits per heavy atom. The Morgan fingerprint density at radius 3 is 2.81 bits per heavy atom. The summed E-state index contributed by atoms with van der Waals surface area (Å²) in [4.78, 5) is 2.15. The van der Waals surface area contributed by atoms with Crippen LogP contribution < -0.4 is 0 Å². The third-order valence-electron chi connectivity index (χ3n) is 3.09. The first-order valence-corrected chi connectivity index (χ1v) is 6.72. The van der Waals surface area contributed by atoms with Crippen LogP contribution in [0.1, 0.15) is 30.7 Å². The molecule has 90 valence electrons. The van der Waals surface area contributed by atoms with Gasteiger partial charge in [-0.05, 0) is 31.5 Å². The molecule has 6 heteroatoms. The molecule has 0 radical (unpaired) electrons. The number of rotatable bonds is 3. The lowest BCUT2D eigenvalue weighted by molar-refractivity contribution is 0.0287. The minimum Gasteiger partial charge on any atom is -0.391 e. The van der Waals surface area contributed by atoms with Crippen LogP contribution in [0.15, 0.2) is 0 Å². The number of aromatic nitrogens is 2. The van der Waals surface area contributed by atoms with Gasteiger partial charge in [0.15, 0.2) is 0 Å².